The van der Waals surface area contributed by atoms with E-state index in [0.29, 0.717) is 5.69 Å². The van der Waals surface area contributed by atoms with Gasteiger partial charge in [0, 0.05) is 32.1 Å². The Morgan fingerprint density at radius 2 is 1.67 bits per heavy atom. The van der Waals surface area contributed by atoms with Crippen LogP contribution in [0.15, 0.2) is 18.2 Å². The minimum absolute atomic E-state index is 0.0309. The molecule has 1 amide bonds. The van der Waals surface area contributed by atoms with Crippen molar-refractivity contribution >= 4 is 17.3 Å². The maximum atomic E-state index is 13.2. The fourth-order valence-corrected chi connectivity index (χ4v) is 4.13. The summed E-state index contributed by atoms with van der Waals surface area (Å²) in [6.45, 7) is 3.28. The molecule has 1 aromatic carbocycles. The Hall–Kier alpha value is -1.92. The molecule has 2 fully saturated rings. The molecule has 1 aliphatic heterocycles. The molecule has 150 valence electrons. The van der Waals surface area contributed by atoms with E-state index < -0.39 is 11.7 Å². The summed E-state index contributed by atoms with van der Waals surface area (Å²) in [5.74, 6) is -0.0309. The van der Waals surface area contributed by atoms with E-state index in [9.17, 15) is 18.0 Å². The summed E-state index contributed by atoms with van der Waals surface area (Å²) in [5.41, 5.74) is 0.832. The van der Waals surface area contributed by atoms with Gasteiger partial charge in [0.2, 0.25) is 5.91 Å². The summed E-state index contributed by atoms with van der Waals surface area (Å²) in [5, 5.41) is 6.31. The van der Waals surface area contributed by atoms with E-state index in [0.717, 1.165) is 57.3 Å². The van der Waals surface area contributed by atoms with Crippen molar-refractivity contribution in [3.05, 3.63) is 23.8 Å². The van der Waals surface area contributed by atoms with Gasteiger partial charge in [-0.05, 0) is 63.1 Å². The molecule has 4 nitrogen and oxygen atoms in total. The zero-order chi connectivity index (χ0) is 19.4. The van der Waals surface area contributed by atoms with Crippen molar-refractivity contribution in [2.24, 2.45) is 0 Å². The highest BCUT2D eigenvalue weighted by atomic mass is 19.4. The molecule has 2 N–H and O–H groups in total. The predicted octanol–water partition coefficient (Wildman–Crippen LogP) is 4.55. The van der Waals surface area contributed by atoms with Crippen LogP contribution in [0.5, 0.6) is 0 Å². The molecule has 1 saturated carbocycles. The van der Waals surface area contributed by atoms with Crippen LogP contribution < -0.4 is 15.5 Å². The summed E-state index contributed by atoms with van der Waals surface area (Å²) in [4.78, 5) is 13.4. The van der Waals surface area contributed by atoms with Crippen LogP contribution in [0, 0.1) is 0 Å². The van der Waals surface area contributed by atoms with Crippen LogP contribution in [-0.2, 0) is 11.0 Å². The molecule has 2 aliphatic rings. The van der Waals surface area contributed by atoms with E-state index in [4.69, 9.17) is 0 Å². The van der Waals surface area contributed by atoms with Crippen molar-refractivity contribution in [1.29, 1.82) is 0 Å². The van der Waals surface area contributed by atoms with Gasteiger partial charge in [-0.25, -0.2) is 0 Å². The number of nitrogens with one attached hydrogen (secondary N) is 2. The Kier molecular flexibility index (Phi) is 6.17. The molecule has 1 aromatic rings. The summed E-state index contributed by atoms with van der Waals surface area (Å²) in [7, 11) is 0. The molecule has 0 spiro atoms. The molecule has 0 atom stereocenters. The number of carbonyl (C=O) groups is 1. The number of rotatable bonds is 4. The fraction of sp³-hybridized carbons (Fsp3) is 0.650. The zero-order valence-corrected chi connectivity index (χ0v) is 15.7. The smallest absolute Gasteiger partial charge is 0.381 e. The molecule has 1 heterocycles. The lowest BCUT2D eigenvalue weighted by molar-refractivity contribution is -0.137. The third kappa shape index (κ3) is 5.30. The van der Waals surface area contributed by atoms with E-state index in [1.807, 2.05) is 0 Å². The highest BCUT2D eigenvalue weighted by molar-refractivity contribution is 5.73. The number of benzene rings is 1. The van der Waals surface area contributed by atoms with Gasteiger partial charge < -0.3 is 15.5 Å². The zero-order valence-electron chi connectivity index (χ0n) is 15.7. The molecule has 0 aromatic heterocycles. The second-order valence-corrected chi connectivity index (χ2v) is 7.67. The van der Waals surface area contributed by atoms with Crippen LogP contribution in [0.1, 0.15) is 57.4 Å². The van der Waals surface area contributed by atoms with E-state index in [1.165, 1.54) is 25.5 Å². The topological polar surface area (TPSA) is 44.4 Å². The normalized spacial score (nSPS) is 23.8. The number of alkyl halides is 3. The number of anilines is 2. The predicted molar refractivity (Wildman–Crippen MR) is 101 cm³/mol. The lowest BCUT2D eigenvalue weighted by Gasteiger charge is -2.34. The number of carbonyl (C=O) groups excluding carboxylic acids is 1. The average molecular weight is 383 g/mol. The van der Waals surface area contributed by atoms with Crippen LogP contribution in [0.4, 0.5) is 24.5 Å². The monoisotopic (exact) mass is 383 g/mol. The first-order valence-electron chi connectivity index (χ1n) is 9.83. The van der Waals surface area contributed by atoms with Crippen LogP contribution in [-0.4, -0.2) is 31.1 Å². The molecule has 27 heavy (non-hydrogen) atoms. The third-order valence-electron chi connectivity index (χ3n) is 5.51. The highest BCUT2D eigenvalue weighted by Crippen LogP contribution is 2.37. The second-order valence-electron chi connectivity index (χ2n) is 7.67. The van der Waals surface area contributed by atoms with Crippen molar-refractivity contribution in [3.8, 4) is 0 Å². The lowest BCUT2D eigenvalue weighted by atomic mass is 9.90. The second kappa shape index (κ2) is 8.40. The quantitative estimate of drug-likeness (QED) is 0.801. The third-order valence-corrected chi connectivity index (χ3v) is 5.51. The Balaban J connectivity index is 1.74. The van der Waals surface area contributed by atoms with Crippen molar-refractivity contribution in [2.45, 2.75) is 70.1 Å². The van der Waals surface area contributed by atoms with Crippen molar-refractivity contribution < 1.29 is 18.0 Å². The number of halogens is 3. The van der Waals surface area contributed by atoms with Gasteiger partial charge in [-0.2, -0.15) is 13.2 Å². The molecule has 0 radical (unpaired) electrons. The summed E-state index contributed by atoms with van der Waals surface area (Å²) in [6, 6.07) is 4.34. The maximum absolute atomic E-state index is 13.2. The number of hydrogen-bond acceptors (Lipinski definition) is 3. The Morgan fingerprint density at radius 3 is 2.26 bits per heavy atom. The SMILES string of the molecule is CC(=O)NC1CCC(Nc2cc(C(F)(F)F)ccc2N2CCCCC2)CC1. The molecule has 3 rings (SSSR count). The molecule has 0 bridgehead atoms. The number of amides is 1. The minimum Gasteiger partial charge on any atom is -0.381 e. The van der Waals surface area contributed by atoms with Gasteiger partial charge in [-0.3, -0.25) is 4.79 Å². The van der Waals surface area contributed by atoms with Crippen molar-refractivity contribution in [3.63, 3.8) is 0 Å². The molecular formula is C20H28F3N3O. The van der Waals surface area contributed by atoms with Crippen molar-refractivity contribution in [1.82, 2.24) is 5.32 Å². The van der Waals surface area contributed by atoms with Gasteiger partial charge in [-0.15, -0.1) is 0 Å². The van der Waals surface area contributed by atoms with Crippen LogP contribution in [0.25, 0.3) is 0 Å². The number of piperidine rings is 1. The molecule has 0 unspecified atom stereocenters. The average Bonchev–Trinajstić information content (AvgIpc) is 2.63. The van der Waals surface area contributed by atoms with Gasteiger partial charge >= 0.3 is 6.18 Å². The molecule has 7 heteroatoms. The largest absolute Gasteiger partial charge is 0.416 e. The van der Waals surface area contributed by atoms with Crippen molar-refractivity contribution in [2.75, 3.05) is 23.3 Å². The van der Waals surface area contributed by atoms with E-state index in [-0.39, 0.29) is 18.0 Å². The van der Waals surface area contributed by atoms with Gasteiger partial charge in [0.05, 0.1) is 16.9 Å². The highest BCUT2D eigenvalue weighted by Gasteiger charge is 2.32. The van der Waals surface area contributed by atoms with E-state index in [1.54, 1.807) is 6.07 Å². The lowest BCUT2D eigenvalue weighted by Crippen LogP contribution is -2.39. The summed E-state index contributed by atoms with van der Waals surface area (Å²) in [6.07, 6.45) is 2.32. The van der Waals surface area contributed by atoms with Crippen LogP contribution >= 0.6 is 0 Å². The van der Waals surface area contributed by atoms with E-state index in [2.05, 4.69) is 15.5 Å². The number of hydrogen-bond donors (Lipinski definition) is 2. The van der Waals surface area contributed by atoms with Gasteiger partial charge in [0.1, 0.15) is 0 Å². The molecule has 1 saturated heterocycles. The Bertz CT molecular complexity index is 648. The Morgan fingerprint density at radius 1 is 1.04 bits per heavy atom. The minimum atomic E-state index is -4.35. The standard InChI is InChI=1S/C20H28F3N3O/c1-14(27)24-16-6-8-17(9-7-16)25-18-13-15(20(21,22)23)5-10-19(18)26-11-3-2-4-12-26/h5,10,13,16-17,25H,2-4,6-9,11-12H2,1H3,(H,24,27). The number of nitrogens with zero attached hydrogens (tertiary/aromatic N) is 1. The maximum Gasteiger partial charge on any atom is 0.416 e. The molecular weight excluding hydrogens is 355 g/mol. The van der Waals surface area contributed by atoms with Crippen LogP contribution in [0.3, 0.4) is 0 Å². The fourth-order valence-electron chi connectivity index (χ4n) is 4.13. The first-order valence-corrected chi connectivity index (χ1v) is 9.83. The first kappa shape index (κ1) is 19.8. The van der Waals surface area contributed by atoms with Gasteiger partial charge in [0.15, 0.2) is 0 Å². The van der Waals surface area contributed by atoms with Gasteiger partial charge in [-0.1, -0.05) is 0 Å². The summed E-state index contributed by atoms with van der Waals surface area (Å²) < 4.78 is 39.6. The molecule has 1 aliphatic carbocycles. The van der Waals surface area contributed by atoms with E-state index >= 15 is 0 Å². The van der Waals surface area contributed by atoms with Gasteiger partial charge in [0.25, 0.3) is 0 Å². The Labute approximate surface area is 158 Å². The first-order chi connectivity index (χ1) is 12.8. The summed E-state index contributed by atoms with van der Waals surface area (Å²) >= 11 is 0. The van der Waals surface area contributed by atoms with Crippen LogP contribution in [0.2, 0.25) is 0 Å².